The number of nitrogens with two attached hydrogens (primary N) is 1. The van der Waals surface area contributed by atoms with Crippen molar-refractivity contribution in [3.63, 3.8) is 0 Å². The number of aliphatic carboxylic acids is 1. The number of benzene rings is 6. The molecule has 0 aliphatic carbocycles. The number of nitrogen functional groups attached to an aromatic ring is 1. The number of aliphatic hydroxyl groups is 2. The number of amides is 2. The summed E-state index contributed by atoms with van der Waals surface area (Å²) in [5, 5.41) is 35.0. The molecule has 59 heavy (non-hydrogen) atoms. The van der Waals surface area contributed by atoms with Crippen LogP contribution < -0.4 is 16.6 Å². The van der Waals surface area contributed by atoms with Crippen molar-refractivity contribution >= 4 is 56.5 Å². The number of hydrogen-bond donors (Lipinski definition) is 6. The molecule has 0 radical (unpaired) electrons. The van der Waals surface area contributed by atoms with E-state index in [1.54, 1.807) is 73.7 Å². The maximum atomic E-state index is 12.7. The van der Waals surface area contributed by atoms with Crippen LogP contribution in [0.3, 0.4) is 0 Å². The van der Waals surface area contributed by atoms with E-state index in [-0.39, 0.29) is 30.6 Å². The van der Waals surface area contributed by atoms with Gasteiger partial charge < -0.3 is 20.6 Å². The zero-order valence-electron chi connectivity index (χ0n) is 32.6. The quantitative estimate of drug-likeness (QED) is 0.0246. The van der Waals surface area contributed by atoms with Gasteiger partial charge in [-0.2, -0.15) is 0 Å². The number of rotatable bonds is 12. The first kappa shape index (κ1) is 44.5. The van der Waals surface area contributed by atoms with E-state index in [1.807, 2.05) is 72.2 Å². The minimum absolute atomic E-state index is 0.122. The lowest BCUT2D eigenvalue weighted by atomic mass is 9.90. The van der Waals surface area contributed by atoms with Crippen molar-refractivity contribution in [3.05, 3.63) is 179 Å². The molecule has 0 spiro atoms. The Labute approximate surface area is 342 Å². The molecule has 6 rings (SSSR count). The fourth-order valence-electron chi connectivity index (χ4n) is 6.36. The van der Waals surface area contributed by atoms with Crippen LogP contribution in [0, 0.1) is 25.0 Å². The standard InChI is InChI=1S/C24H22N2O3.C16H15NO3.C7H8N2O/c1-16(27)21(24(29)26-15-23(28)17-8-4-3-5-9-17)14-18-12-13-22(25-2)20-11-7-6-10-19(18)20;1-10(18)14(16(19)20)9-11-7-8-15(17-2)13-6-4-3-5-12(11)13;8-9-7(10)6-4-2-1-3-5-6/h3-13,16,21,27H,14-15H2,1H3,(H,26,29);3-8,10,14,18H,9H2,1H3,(H,19,20);1-5H,8H2,(H,9,10)/t16-,21-;10-,14-;/m11./s1. The predicted molar refractivity (Wildman–Crippen MR) is 228 cm³/mol. The Bertz CT molecular complexity index is 2480. The lowest BCUT2D eigenvalue weighted by Gasteiger charge is -2.20. The van der Waals surface area contributed by atoms with Crippen molar-refractivity contribution in [2.75, 3.05) is 6.54 Å². The van der Waals surface area contributed by atoms with Gasteiger partial charge in [-0.25, -0.2) is 15.5 Å². The number of carbonyl (C=O) groups excluding carboxylic acids is 3. The average Bonchev–Trinajstić information content (AvgIpc) is 3.26. The highest BCUT2D eigenvalue weighted by Gasteiger charge is 2.26. The third-order valence-electron chi connectivity index (χ3n) is 9.61. The topological polar surface area (TPSA) is 188 Å². The third-order valence-corrected chi connectivity index (χ3v) is 9.61. The number of carbonyl (C=O) groups is 4. The first-order valence-electron chi connectivity index (χ1n) is 18.7. The van der Waals surface area contributed by atoms with Crippen molar-refractivity contribution in [1.29, 1.82) is 0 Å². The van der Waals surface area contributed by atoms with Gasteiger partial charge in [0.15, 0.2) is 17.2 Å². The summed E-state index contributed by atoms with van der Waals surface area (Å²) in [4.78, 5) is 53.9. The van der Waals surface area contributed by atoms with Gasteiger partial charge in [-0.15, -0.1) is 0 Å². The van der Waals surface area contributed by atoms with Crippen molar-refractivity contribution in [1.82, 2.24) is 10.7 Å². The Morgan fingerprint density at radius 2 is 1.00 bits per heavy atom. The maximum Gasteiger partial charge on any atom is 0.309 e. The zero-order valence-corrected chi connectivity index (χ0v) is 32.6. The van der Waals surface area contributed by atoms with Gasteiger partial charge in [-0.3, -0.25) is 24.6 Å². The van der Waals surface area contributed by atoms with E-state index in [0.29, 0.717) is 28.9 Å². The molecule has 0 aliphatic heterocycles. The monoisotopic (exact) mass is 791 g/mol. The molecule has 0 fully saturated rings. The molecule has 0 saturated heterocycles. The number of ketones is 1. The first-order chi connectivity index (χ1) is 28.4. The number of carboxylic acids is 1. The summed E-state index contributed by atoms with van der Waals surface area (Å²) < 4.78 is 0. The molecule has 12 nitrogen and oxygen atoms in total. The van der Waals surface area contributed by atoms with E-state index in [2.05, 4.69) is 15.0 Å². The first-order valence-corrected chi connectivity index (χ1v) is 18.7. The van der Waals surface area contributed by atoms with Crippen molar-refractivity contribution < 1.29 is 34.5 Å². The van der Waals surface area contributed by atoms with Crippen molar-refractivity contribution in [2.24, 2.45) is 17.7 Å². The van der Waals surface area contributed by atoms with Crippen LogP contribution >= 0.6 is 0 Å². The number of hydrazine groups is 1. The number of fused-ring (bicyclic) bond motifs is 2. The van der Waals surface area contributed by atoms with Gasteiger partial charge in [0.25, 0.3) is 5.91 Å². The van der Waals surface area contributed by atoms with Crippen LogP contribution in [0.5, 0.6) is 0 Å². The lowest BCUT2D eigenvalue weighted by Crippen LogP contribution is -2.40. The second-order valence-corrected chi connectivity index (χ2v) is 13.6. The van der Waals surface area contributed by atoms with Gasteiger partial charge in [-0.1, -0.05) is 121 Å². The van der Waals surface area contributed by atoms with Gasteiger partial charge >= 0.3 is 5.97 Å². The van der Waals surface area contributed by atoms with Crippen LogP contribution in [0.2, 0.25) is 0 Å². The van der Waals surface area contributed by atoms with E-state index in [0.717, 1.165) is 32.7 Å². The number of carboxylic acid groups (broad SMARTS) is 1. The highest BCUT2D eigenvalue weighted by atomic mass is 16.4. The van der Waals surface area contributed by atoms with Gasteiger partial charge in [-0.05, 0) is 71.5 Å². The predicted octanol–water partition coefficient (Wildman–Crippen LogP) is 7.23. The second-order valence-electron chi connectivity index (χ2n) is 13.6. The summed E-state index contributed by atoms with van der Waals surface area (Å²) >= 11 is 0. The highest BCUT2D eigenvalue weighted by Crippen LogP contribution is 2.32. The Morgan fingerprint density at radius 3 is 1.41 bits per heavy atom. The van der Waals surface area contributed by atoms with Crippen LogP contribution in [0.1, 0.15) is 45.7 Å². The van der Waals surface area contributed by atoms with Gasteiger partial charge in [0.05, 0.1) is 43.7 Å². The average molecular weight is 792 g/mol. The van der Waals surface area contributed by atoms with Gasteiger partial charge in [0, 0.05) is 11.1 Å². The molecule has 0 unspecified atom stereocenters. The van der Waals surface area contributed by atoms with E-state index in [4.69, 9.17) is 24.1 Å². The Balaban J connectivity index is 0.000000220. The van der Waals surface area contributed by atoms with Crippen LogP contribution in [-0.4, -0.2) is 57.6 Å². The minimum Gasteiger partial charge on any atom is -0.481 e. The Kier molecular flexibility index (Phi) is 16.5. The summed E-state index contributed by atoms with van der Waals surface area (Å²) in [5.74, 6) is 1.51. The number of nitrogens with zero attached hydrogens (tertiary/aromatic N) is 2. The van der Waals surface area contributed by atoms with E-state index in [9.17, 15) is 29.4 Å². The summed E-state index contributed by atoms with van der Waals surface area (Å²) in [7, 11) is 0. The van der Waals surface area contributed by atoms with E-state index >= 15 is 0 Å². The SMILES string of the molecule is NNC(=O)c1ccccc1.[C-]#[N+]c1ccc(C[C@@H](C(=O)NCC(=O)c2ccccc2)[C@@H](C)O)c2ccccc12.[C-]#[N+]c1ccc(C[C@@H](C(=O)O)[C@@H](C)O)c2ccccc12. The number of aliphatic hydroxyl groups excluding tert-OH is 2. The van der Waals surface area contributed by atoms with Crippen LogP contribution in [0.4, 0.5) is 11.4 Å². The summed E-state index contributed by atoms with van der Waals surface area (Å²) in [6.07, 6.45) is -1.26. The van der Waals surface area contributed by atoms with Crippen molar-refractivity contribution in [2.45, 2.75) is 38.9 Å². The fourth-order valence-corrected chi connectivity index (χ4v) is 6.36. The van der Waals surface area contributed by atoms with E-state index < -0.39 is 30.0 Å². The molecule has 0 aliphatic rings. The van der Waals surface area contributed by atoms with Gasteiger partial charge in [0.2, 0.25) is 5.91 Å². The van der Waals surface area contributed by atoms with Crippen LogP contribution in [0.25, 0.3) is 31.2 Å². The summed E-state index contributed by atoms with van der Waals surface area (Å²) in [6.45, 7) is 17.4. The Hall–Kier alpha value is -7.22. The molecule has 4 atom stereocenters. The highest BCUT2D eigenvalue weighted by molar-refractivity contribution is 6.00. The molecule has 0 bridgehead atoms. The minimum atomic E-state index is -1.02. The normalized spacial score (nSPS) is 12.4. The number of Topliss-reactive ketones (excluding diaryl/α,β-unsaturated/α-hetero) is 1. The zero-order chi connectivity index (χ0) is 42.9. The van der Waals surface area contributed by atoms with Gasteiger partial charge in [0.1, 0.15) is 0 Å². The number of nitrogens with one attached hydrogen (secondary N) is 2. The van der Waals surface area contributed by atoms with Crippen molar-refractivity contribution in [3.8, 4) is 0 Å². The molecule has 12 heteroatoms. The lowest BCUT2D eigenvalue weighted by molar-refractivity contribution is -0.145. The second kappa shape index (κ2) is 21.9. The maximum absolute atomic E-state index is 12.7. The smallest absolute Gasteiger partial charge is 0.309 e. The van der Waals surface area contributed by atoms with E-state index in [1.165, 1.54) is 6.92 Å². The molecule has 6 aromatic carbocycles. The Morgan fingerprint density at radius 1 is 0.593 bits per heavy atom. The molecule has 300 valence electrons. The molecular weight excluding hydrogens is 747 g/mol. The number of hydrogen-bond acceptors (Lipinski definition) is 7. The largest absolute Gasteiger partial charge is 0.481 e. The molecule has 2 amide bonds. The third kappa shape index (κ3) is 12.1. The van der Waals surface area contributed by atoms with Crippen LogP contribution in [-0.2, 0) is 22.4 Å². The fraction of sp³-hybridized carbons (Fsp3) is 0.191. The molecule has 0 saturated carbocycles. The molecular formula is C47H45N5O7. The summed E-state index contributed by atoms with van der Waals surface area (Å²) in [5.41, 5.74) is 5.96. The molecule has 0 aromatic heterocycles. The molecule has 0 heterocycles. The summed E-state index contributed by atoms with van der Waals surface area (Å²) in [6, 6.07) is 39.6. The molecule has 7 N–H and O–H groups in total. The van der Waals surface area contributed by atoms with Crippen LogP contribution in [0.15, 0.2) is 133 Å². The molecule has 6 aromatic rings.